The molecule has 1 saturated heterocycles. The number of rotatable bonds is 2. The molecule has 1 fully saturated rings. The van der Waals surface area contributed by atoms with Crippen LogP contribution in [0.1, 0.15) is 22.9 Å². The van der Waals surface area contributed by atoms with Gasteiger partial charge in [-0.2, -0.15) is 0 Å². The molecule has 4 rings (SSSR count). The summed E-state index contributed by atoms with van der Waals surface area (Å²) < 4.78 is 1.20. The highest BCUT2D eigenvalue weighted by Gasteiger charge is 2.25. The second-order valence-corrected chi connectivity index (χ2v) is 7.81. The Morgan fingerprint density at radius 3 is 2.92 bits per heavy atom. The van der Waals surface area contributed by atoms with Crippen LogP contribution in [-0.2, 0) is 0 Å². The Labute approximate surface area is 151 Å². The summed E-state index contributed by atoms with van der Waals surface area (Å²) in [5, 5.41) is 5.30. The lowest BCUT2D eigenvalue weighted by Gasteiger charge is -2.20. The van der Waals surface area contributed by atoms with Crippen LogP contribution in [0.5, 0.6) is 0 Å². The Kier molecular flexibility index (Phi) is 4.21. The zero-order valence-corrected chi connectivity index (χ0v) is 15.2. The molecule has 0 amide bonds. The SMILES string of the molecule is Cc1nc2ccc(NC(=S)N3CC[C@H](c4ccccc4)C3)cc2s1. The number of hydrogen-bond acceptors (Lipinski definition) is 3. The van der Waals surface area contributed by atoms with Crippen molar-refractivity contribution in [2.24, 2.45) is 0 Å². The first-order valence-electron chi connectivity index (χ1n) is 8.17. The van der Waals surface area contributed by atoms with E-state index in [0.717, 1.165) is 40.8 Å². The van der Waals surface area contributed by atoms with E-state index in [-0.39, 0.29) is 0 Å². The number of fused-ring (bicyclic) bond motifs is 1. The van der Waals surface area contributed by atoms with Gasteiger partial charge in [0.2, 0.25) is 0 Å². The van der Waals surface area contributed by atoms with E-state index in [1.54, 1.807) is 11.3 Å². The van der Waals surface area contributed by atoms with Crippen LogP contribution in [0.15, 0.2) is 48.5 Å². The Morgan fingerprint density at radius 2 is 2.08 bits per heavy atom. The van der Waals surface area contributed by atoms with Crippen molar-refractivity contribution >= 4 is 44.6 Å². The van der Waals surface area contributed by atoms with Crippen molar-refractivity contribution in [3.05, 3.63) is 59.1 Å². The summed E-state index contributed by atoms with van der Waals surface area (Å²) in [7, 11) is 0. The predicted octanol–water partition coefficient (Wildman–Crippen LogP) is 4.79. The van der Waals surface area contributed by atoms with E-state index in [0.29, 0.717) is 5.92 Å². The third kappa shape index (κ3) is 3.14. The Hall–Kier alpha value is -1.98. The molecular weight excluding hydrogens is 334 g/mol. The van der Waals surface area contributed by atoms with Gasteiger partial charge in [0.05, 0.1) is 15.2 Å². The van der Waals surface area contributed by atoms with E-state index in [1.165, 1.54) is 10.3 Å². The molecule has 1 aliphatic rings. The van der Waals surface area contributed by atoms with Crippen LogP contribution >= 0.6 is 23.6 Å². The second-order valence-electron chi connectivity index (χ2n) is 6.19. The lowest BCUT2D eigenvalue weighted by molar-refractivity contribution is 0.518. The van der Waals surface area contributed by atoms with Gasteiger partial charge in [0.1, 0.15) is 0 Å². The minimum Gasteiger partial charge on any atom is -0.348 e. The molecule has 0 aliphatic carbocycles. The molecule has 1 aliphatic heterocycles. The normalized spacial score (nSPS) is 17.4. The lowest BCUT2D eigenvalue weighted by atomic mass is 9.99. The standard InChI is InChI=1S/C19H19N3S2/c1-13-20-17-8-7-16(11-18(17)24-13)21-19(23)22-10-9-15(12-22)14-5-3-2-4-6-14/h2-8,11,15H,9-10,12H2,1H3,(H,21,23)/t15-/m0/s1. The van der Waals surface area contributed by atoms with E-state index in [9.17, 15) is 0 Å². The van der Waals surface area contributed by atoms with Crippen molar-refractivity contribution in [1.82, 2.24) is 9.88 Å². The van der Waals surface area contributed by atoms with Crippen LogP contribution in [0.3, 0.4) is 0 Å². The molecule has 1 N–H and O–H groups in total. The number of nitrogens with zero attached hydrogens (tertiary/aromatic N) is 2. The number of aromatic nitrogens is 1. The maximum atomic E-state index is 5.63. The van der Waals surface area contributed by atoms with Crippen LogP contribution in [0.4, 0.5) is 5.69 Å². The number of hydrogen-bond donors (Lipinski definition) is 1. The van der Waals surface area contributed by atoms with Gasteiger partial charge < -0.3 is 10.2 Å². The topological polar surface area (TPSA) is 28.2 Å². The van der Waals surface area contributed by atoms with Crippen LogP contribution < -0.4 is 5.32 Å². The number of anilines is 1. The van der Waals surface area contributed by atoms with Gasteiger partial charge in [0, 0.05) is 24.7 Å². The lowest BCUT2D eigenvalue weighted by Crippen LogP contribution is -2.32. The number of nitrogens with one attached hydrogen (secondary N) is 1. The first-order chi connectivity index (χ1) is 11.7. The van der Waals surface area contributed by atoms with E-state index in [1.807, 2.05) is 6.92 Å². The van der Waals surface area contributed by atoms with E-state index in [4.69, 9.17) is 12.2 Å². The summed E-state index contributed by atoms with van der Waals surface area (Å²) in [5.41, 5.74) is 3.50. The average Bonchev–Trinajstić information content (AvgIpc) is 3.21. The number of likely N-dealkylation sites (tertiary alicyclic amines) is 1. The van der Waals surface area contributed by atoms with Gasteiger partial charge >= 0.3 is 0 Å². The minimum atomic E-state index is 0.567. The van der Waals surface area contributed by atoms with E-state index < -0.39 is 0 Å². The molecule has 24 heavy (non-hydrogen) atoms. The molecule has 0 unspecified atom stereocenters. The van der Waals surface area contributed by atoms with Gasteiger partial charge in [-0.15, -0.1) is 11.3 Å². The van der Waals surface area contributed by atoms with Crippen molar-refractivity contribution in [2.45, 2.75) is 19.3 Å². The summed E-state index contributed by atoms with van der Waals surface area (Å²) in [6.45, 7) is 4.03. The van der Waals surface area contributed by atoms with Crippen molar-refractivity contribution in [1.29, 1.82) is 0 Å². The molecule has 0 spiro atoms. The minimum absolute atomic E-state index is 0.567. The van der Waals surface area contributed by atoms with Gasteiger partial charge in [-0.1, -0.05) is 30.3 Å². The molecule has 2 heterocycles. The molecule has 1 aromatic heterocycles. The van der Waals surface area contributed by atoms with Crippen LogP contribution in [0.2, 0.25) is 0 Å². The summed E-state index contributed by atoms with van der Waals surface area (Å²) in [5.74, 6) is 0.567. The summed E-state index contributed by atoms with van der Waals surface area (Å²) >= 11 is 7.34. The molecule has 5 heteroatoms. The maximum absolute atomic E-state index is 5.63. The number of aryl methyl sites for hydroxylation is 1. The van der Waals surface area contributed by atoms with Gasteiger partial charge in [-0.3, -0.25) is 0 Å². The second kappa shape index (κ2) is 6.49. The van der Waals surface area contributed by atoms with Crippen molar-refractivity contribution in [3.63, 3.8) is 0 Å². The van der Waals surface area contributed by atoms with E-state index >= 15 is 0 Å². The molecule has 3 aromatic rings. The van der Waals surface area contributed by atoms with Gasteiger partial charge in [0.15, 0.2) is 5.11 Å². The summed E-state index contributed by atoms with van der Waals surface area (Å²) in [4.78, 5) is 6.77. The zero-order chi connectivity index (χ0) is 16.5. The predicted molar refractivity (Wildman–Crippen MR) is 106 cm³/mol. The van der Waals surface area contributed by atoms with Crippen molar-refractivity contribution < 1.29 is 0 Å². The fourth-order valence-electron chi connectivity index (χ4n) is 3.26. The Morgan fingerprint density at radius 1 is 1.25 bits per heavy atom. The highest BCUT2D eigenvalue weighted by molar-refractivity contribution is 7.80. The van der Waals surface area contributed by atoms with Crippen LogP contribution in [0.25, 0.3) is 10.2 Å². The smallest absolute Gasteiger partial charge is 0.173 e. The Bertz CT molecular complexity index is 873. The van der Waals surface area contributed by atoms with Gasteiger partial charge in [0.25, 0.3) is 0 Å². The van der Waals surface area contributed by atoms with Gasteiger partial charge in [-0.25, -0.2) is 4.98 Å². The Balaban J connectivity index is 1.44. The fourth-order valence-corrected chi connectivity index (χ4v) is 4.41. The van der Waals surface area contributed by atoms with E-state index in [2.05, 4.69) is 63.7 Å². The molecule has 0 radical (unpaired) electrons. The summed E-state index contributed by atoms with van der Waals surface area (Å²) in [6.07, 6.45) is 1.15. The third-order valence-electron chi connectivity index (χ3n) is 4.49. The molecule has 3 nitrogen and oxygen atoms in total. The molecule has 0 saturated carbocycles. The fraction of sp³-hybridized carbons (Fsp3) is 0.263. The van der Waals surface area contributed by atoms with Crippen LogP contribution in [0, 0.1) is 6.92 Å². The number of thiazole rings is 1. The molecule has 2 aromatic carbocycles. The van der Waals surface area contributed by atoms with Crippen molar-refractivity contribution in [3.8, 4) is 0 Å². The van der Waals surface area contributed by atoms with Crippen molar-refractivity contribution in [2.75, 3.05) is 18.4 Å². The summed E-state index contributed by atoms with van der Waals surface area (Å²) in [6, 6.07) is 17.0. The third-order valence-corrected chi connectivity index (χ3v) is 5.79. The maximum Gasteiger partial charge on any atom is 0.173 e. The quantitative estimate of drug-likeness (QED) is 0.671. The molecule has 1 atom stereocenters. The first kappa shape index (κ1) is 15.5. The molecule has 122 valence electrons. The molecule has 0 bridgehead atoms. The number of thiocarbonyl (C=S) groups is 1. The monoisotopic (exact) mass is 353 g/mol. The first-order valence-corrected chi connectivity index (χ1v) is 9.39. The highest BCUT2D eigenvalue weighted by atomic mass is 32.1. The van der Waals surface area contributed by atoms with Gasteiger partial charge in [-0.05, 0) is 49.3 Å². The largest absolute Gasteiger partial charge is 0.348 e. The zero-order valence-electron chi connectivity index (χ0n) is 13.5. The average molecular weight is 354 g/mol. The highest BCUT2D eigenvalue weighted by Crippen LogP contribution is 2.28. The van der Waals surface area contributed by atoms with Crippen LogP contribution in [-0.4, -0.2) is 28.1 Å². The molecular formula is C19H19N3S2. The number of benzene rings is 2.